The Labute approximate surface area is 210 Å². The first-order valence-electron chi connectivity index (χ1n) is 12.3. The molecule has 1 aromatic carbocycles. The lowest BCUT2D eigenvalue weighted by atomic mass is 9.92. The minimum atomic E-state index is -3.35. The molecule has 0 amide bonds. The molecule has 0 bridgehead atoms. The number of nitrogens with zero attached hydrogens (tertiary/aromatic N) is 6. The molecule has 1 aliphatic heterocycles. The summed E-state index contributed by atoms with van der Waals surface area (Å²) >= 11 is 0. The van der Waals surface area contributed by atoms with Crippen LogP contribution in [0.3, 0.4) is 0 Å². The lowest BCUT2D eigenvalue weighted by molar-refractivity contribution is 0.0971. The molecule has 1 atom stereocenters. The Morgan fingerprint density at radius 3 is 2.61 bits per heavy atom. The first-order chi connectivity index (χ1) is 17.6. The van der Waals surface area contributed by atoms with E-state index in [9.17, 15) is 4.57 Å². The predicted octanol–water partition coefficient (Wildman–Crippen LogP) is 3.61. The van der Waals surface area contributed by atoms with Gasteiger partial charge in [-0.15, -0.1) is 10.2 Å². The van der Waals surface area contributed by atoms with Crippen molar-refractivity contribution in [3.8, 4) is 5.75 Å². The Kier molecular flexibility index (Phi) is 9.19. The molecule has 0 saturated carbocycles. The molecule has 12 nitrogen and oxygen atoms in total. The molecule has 4 rings (SSSR count). The van der Waals surface area contributed by atoms with Crippen molar-refractivity contribution < 1.29 is 23.1 Å². The summed E-state index contributed by atoms with van der Waals surface area (Å²) in [7, 11) is -1.71. The Balaban J connectivity index is 1.43. The van der Waals surface area contributed by atoms with E-state index >= 15 is 0 Å². The third kappa shape index (κ3) is 6.18. The zero-order chi connectivity index (χ0) is 25.4. The lowest BCUT2D eigenvalue weighted by Crippen LogP contribution is -2.36. The van der Waals surface area contributed by atoms with Gasteiger partial charge in [-0.2, -0.15) is 5.21 Å². The van der Waals surface area contributed by atoms with Crippen molar-refractivity contribution in [2.75, 3.05) is 44.9 Å². The van der Waals surface area contributed by atoms with Crippen molar-refractivity contribution in [3.63, 3.8) is 0 Å². The van der Waals surface area contributed by atoms with Crippen LogP contribution in [-0.2, 0) is 25.0 Å². The van der Waals surface area contributed by atoms with E-state index in [-0.39, 0.29) is 18.9 Å². The second-order valence-corrected chi connectivity index (χ2v) is 10.9. The summed E-state index contributed by atoms with van der Waals surface area (Å²) in [6.45, 7) is 6.32. The summed E-state index contributed by atoms with van der Waals surface area (Å²) in [6.07, 6.45) is 4.11. The van der Waals surface area contributed by atoms with Gasteiger partial charge in [0.25, 0.3) is 0 Å². The van der Waals surface area contributed by atoms with E-state index in [0.717, 1.165) is 48.4 Å². The number of methoxy groups -OCH3 is 1. The zero-order valence-electron chi connectivity index (χ0n) is 21.0. The number of benzene rings is 1. The summed E-state index contributed by atoms with van der Waals surface area (Å²) in [6, 6.07) is 5.89. The fourth-order valence-corrected chi connectivity index (χ4v) is 6.72. The van der Waals surface area contributed by atoms with Gasteiger partial charge < -0.3 is 23.4 Å². The molecule has 3 aromatic rings. The van der Waals surface area contributed by atoms with Crippen molar-refractivity contribution in [1.82, 2.24) is 30.6 Å². The number of aromatic nitrogens is 6. The second kappa shape index (κ2) is 12.5. The third-order valence-corrected chi connectivity index (χ3v) is 8.83. The number of rotatable bonds is 13. The standard InChI is InChI=1S/C23H34N7O5P/c1-4-34-36(31,35-5-2)18(14-33-15-21-26-28-29-27-21)13-17-9-11-30(12-10-17)23-19-7-6-8-20(32-3)22(19)24-16-25-23/h6-8,16-18H,4-5,9-15H2,1-3H3,(H,26,27,28,29). The predicted molar refractivity (Wildman–Crippen MR) is 134 cm³/mol. The van der Waals surface area contributed by atoms with Gasteiger partial charge in [-0.1, -0.05) is 11.3 Å². The highest BCUT2D eigenvalue weighted by Gasteiger charge is 2.38. The largest absolute Gasteiger partial charge is 0.494 e. The second-order valence-electron chi connectivity index (χ2n) is 8.59. The average molecular weight is 520 g/mol. The van der Waals surface area contributed by atoms with Crippen molar-refractivity contribution in [2.24, 2.45) is 5.92 Å². The molecule has 1 unspecified atom stereocenters. The molecule has 196 valence electrons. The Bertz CT molecular complexity index is 1130. The number of piperidine rings is 1. The summed E-state index contributed by atoms with van der Waals surface area (Å²) in [5, 5.41) is 14.7. The van der Waals surface area contributed by atoms with Crippen LogP contribution in [0, 0.1) is 5.92 Å². The van der Waals surface area contributed by atoms with Crippen LogP contribution in [0.5, 0.6) is 5.75 Å². The molecule has 2 aromatic heterocycles. The fourth-order valence-electron chi connectivity index (χ4n) is 4.66. The first kappa shape index (κ1) is 26.4. The zero-order valence-corrected chi connectivity index (χ0v) is 21.9. The molecule has 1 aliphatic rings. The number of hydrogen-bond acceptors (Lipinski definition) is 11. The maximum absolute atomic E-state index is 13.7. The van der Waals surface area contributed by atoms with Crippen molar-refractivity contribution >= 4 is 24.3 Å². The van der Waals surface area contributed by atoms with E-state index in [2.05, 4.69) is 35.5 Å². The van der Waals surface area contributed by atoms with Crippen molar-refractivity contribution in [2.45, 2.75) is 45.4 Å². The summed E-state index contributed by atoms with van der Waals surface area (Å²) < 4.78 is 36.3. The van der Waals surface area contributed by atoms with Crippen LogP contribution in [0.25, 0.3) is 10.9 Å². The SMILES string of the molecule is CCOP(=O)(OCC)C(COCc1nn[nH]n1)CC1CCN(c2ncnc3c(OC)cccc23)CC1. The van der Waals surface area contributed by atoms with Crippen LogP contribution in [0.2, 0.25) is 0 Å². The molecule has 0 spiro atoms. The van der Waals surface area contributed by atoms with E-state index in [4.69, 9.17) is 18.5 Å². The fraction of sp³-hybridized carbons (Fsp3) is 0.609. The topological polar surface area (TPSA) is 137 Å². The highest BCUT2D eigenvalue weighted by atomic mass is 31.2. The van der Waals surface area contributed by atoms with E-state index < -0.39 is 7.60 Å². The normalized spacial score (nSPS) is 15.9. The van der Waals surface area contributed by atoms with E-state index in [1.807, 2.05) is 32.0 Å². The minimum Gasteiger partial charge on any atom is -0.494 e. The van der Waals surface area contributed by atoms with E-state index in [1.165, 1.54) is 0 Å². The number of aromatic amines is 1. The van der Waals surface area contributed by atoms with E-state index in [0.29, 0.717) is 31.4 Å². The van der Waals surface area contributed by atoms with Gasteiger partial charge in [0.2, 0.25) is 0 Å². The van der Waals surface area contributed by atoms with Gasteiger partial charge in [0, 0.05) is 18.5 Å². The van der Waals surface area contributed by atoms with Crippen molar-refractivity contribution in [3.05, 3.63) is 30.4 Å². The Morgan fingerprint density at radius 1 is 1.17 bits per heavy atom. The van der Waals surface area contributed by atoms with Gasteiger partial charge in [0.1, 0.15) is 30.0 Å². The number of fused-ring (bicyclic) bond motifs is 1. The molecule has 36 heavy (non-hydrogen) atoms. The number of nitrogens with one attached hydrogen (secondary N) is 1. The molecular weight excluding hydrogens is 485 g/mol. The van der Waals surface area contributed by atoms with Gasteiger partial charge in [0.05, 0.1) is 32.6 Å². The van der Waals surface area contributed by atoms with Crippen LogP contribution in [0.15, 0.2) is 24.5 Å². The molecule has 13 heteroatoms. The highest BCUT2D eigenvalue weighted by Crippen LogP contribution is 2.55. The molecule has 1 saturated heterocycles. The summed E-state index contributed by atoms with van der Waals surface area (Å²) in [5.41, 5.74) is 0.422. The third-order valence-electron chi connectivity index (χ3n) is 6.34. The van der Waals surface area contributed by atoms with Gasteiger partial charge in [-0.3, -0.25) is 4.57 Å². The lowest BCUT2D eigenvalue weighted by Gasteiger charge is -2.35. The molecule has 3 heterocycles. The highest BCUT2D eigenvalue weighted by molar-refractivity contribution is 7.54. The van der Waals surface area contributed by atoms with Crippen molar-refractivity contribution in [1.29, 1.82) is 0 Å². The average Bonchev–Trinajstić information content (AvgIpc) is 3.42. The monoisotopic (exact) mass is 519 g/mol. The molecule has 1 N–H and O–H groups in total. The Morgan fingerprint density at radius 2 is 1.94 bits per heavy atom. The van der Waals surface area contributed by atoms with Crippen LogP contribution in [-0.4, -0.2) is 76.3 Å². The van der Waals surface area contributed by atoms with Crippen LogP contribution < -0.4 is 9.64 Å². The van der Waals surface area contributed by atoms with Gasteiger partial charge in [-0.25, -0.2) is 9.97 Å². The minimum absolute atomic E-state index is 0.175. The Hall–Kier alpha value is -2.66. The van der Waals surface area contributed by atoms with Crippen LogP contribution >= 0.6 is 7.60 Å². The summed E-state index contributed by atoms with van der Waals surface area (Å²) in [5.74, 6) is 2.43. The maximum Gasteiger partial charge on any atom is 0.336 e. The quantitative estimate of drug-likeness (QED) is 0.331. The first-order valence-corrected chi connectivity index (χ1v) is 13.9. The number of H-pyrrole nitrogens is 1. The number of para-hydroxylation sites is 1. The smallest absolute Gasteiger partial charge is 0.336 e. The van der Waals surface area contributed by atoms with Crippen LogP contribution in [0.4, 0.5) is 5.82 Å². The molecule has 1 fully saturated rings. The number of ether oxygens (including phenoxy) is 2. The molecular formula is C23H34N7O5P. The van der Waals surface area contributed by atoms with E-state index in [1.54, 1.807) is 13.4 Å². The maximum atomic E-state index is 13.7. The number of tetrazole rings is 1. The molecule has 0 aliphatic carbocycles. The van der Waals surface area contributed by atoms with Gasteiger partial charge in [-0.05, 0) is 51.2 Å². The summed E-state index contributed by atoms with van der Waals surface area (Å²) in [4.78, 5) is 11.3. The van der Waals surface area contributed by atoms with Crippen LogP contribution in [0.1, 0.15) is 38.9 Å². The number of anilines is 1. The number of hydrogen-bond donors (Lipinski definition) is 1. The van der Waals surface area contributed by atoms with Gasteiger partial charge >= 0.3 is 7.60 Å². The van der Waals surface area contributed by atoms with Gasteiger partial charge in [0.15, 0.2) is 5.82 Å². The molecule has 0 radical (unpaired) electrons.